The Bertz CT molecular complexity index is 602. The van der Waals surface area contributed by atoms with Gasteiger partial charge in [0.05, 0.1) is 0 Å². The number of H-pyrrole nitrogens is 1. The highest BCUT2D eigenvalue weighted by Crippen LogP contribution is 2.20. The Morgan fingerprint density at radius 2 is 1.89 bits per heavy atom. The third kappa shape index (κ3) is 2.36. The second kappa shape index (κ2) is 5.02. The van der Waals surface area contributed by atoms with Gasteiger partial charge in [-0.05, 0) is 31.2 Å². The van der Waals surface area contributed by atoms with Gasteiger partial charge in [-0.25, -0.2) is 4.98 Å². The minimum atomic E-state index is 0.800. The predicted octanol–water partition coefficient (Wildman–Crippen LogP) is 3.61. The van der Waals surface area contributed by atoms with Crippen LogP contribution in [0.5, 0.6) is 0 Å². The number of hydrogen-bond acceptors (Lipinski definition) is 2. The molecule has 1 heterocycles. The molecule has 0 radical (unpaired) electrons. The van der Waals surface area contributed by atoms with E-state index in [1.807, 2.05) is 6.07 Å². The third-order valence-corrected chi connectivity index (χ3v) is 3.81. The van der Waals surface area contributed by atoms with Gasteiger partial charge in [-0.1, -0.05) is 42.5 Å². The van der Waals surface area contributed by atoms with E-state index in [1.165, 1.54) is 29.7 Å². The Morgan fingerprint density at radius 3 is 2.72 bits per heavy atom. The van der Waals surface area contributed by atoms with Crippen molar-refractivity contribution in [2.24, 2.45) is 0 Å². The van der Waals surface area contributed by atoms with Crippen LogP contribution in [-0.2, 0) is 19.3 Å². The molecule has 92 valence electrons. The van der Waals surface area contributed by atoms with Gasteiger partial charge in [-0.2, -0.15) is 0 Å². The van der Waals surface area contributed by atoms with E-state index < -0.39 is 0 Å². The summed E-state index contributed by atoms with van der Waals surface area (Å²) in [6.07, 6.45) is 5.53. The molecule has 0 fully saturated rings. The average Bonchev–Trinajstić information content (AvgIpc) is 2.40. The van der Waals surface area contributed by atoms with Crippen LogP contribution in [0.3, 0.4) is 0 Å². The number of hydrogen-bond donors (Lipinski definition) is 1. The van der Waals surface area contributed by atoms with E-state index in [0.29, 0.717) is 0 Å². The smallest absolute Gasteiger partial charge is 0.133 e. The molecule has 1 aromatic carbocycles. The fourth-order valence-corrected chi connectivity index (χ4v) is 2.88. The van der Waals surface area contributed by atoms with Gasteiger partial charge < -0.3 is 4.98 Å². The maximum Gasteiger partial charge on any atom is 0.133 e. The number of nitrogens with one attached hydrogen (secondary N) is 1. The fourth-order valence-electron chi connectivity index (χ4n) is 2.54. The van der Waals surface area contributed by atoms with Crippen molar-refractivity contribution in [3.63, 3.8) is 0 Å². The van der Waals surface area contributed by atoms with E-state index >= 15 is 0 Å². The summed E-state index contributed by atoms with van der Waals surface area (Å²) in [5.74, 6) is 0.992. The van der Waals surface area contributed by atoms with E-state index in [9.17, 15) is 0 Å². The van der Waals surface area contributed by atoms with E-state index in [0.717, 1.165) is 29.7 Å². The Hall–Kier alpha value is -1.48. The van der Waals surface area contributed by atoms with Crippen LogP contribution in [0.25, 0.3) is 0 Å². The summed E-state index contributed by atoms with van der Waals surface area (Å²) in [5.41, 5.74) is 3.85. The summed E-state index contributed by atoms with van der Waals surface area (Å²) in [6.45, 7) is 0. The summed E-state index contributed by atoms with van der Waals surface area (Å²) in [5, 5.41) is 0. The maximum absolute atomic E-state index is 5.41. The summed E-state index contributed by atoms with van der Waals surface area (Å²) in [7, 11) is 0. The molecule has 0 aliphatic heterocycles. The predicted molar refractivity (Wildman–Crippen MR) is 75.3 cm³/mol. The Morgan fingerprint density at radius 1 is 1.11 bits per heavy atom. The standard InChI is InChI=1S/C15H16N2S/c18-15-12-8-4-5-9-13(12)16-14(17-15)10-11-6-2-1-3-7-11/h1-3,6-7H,4-5,8-10H2,(H,16,17,18). The van der Waals surface area contributed by atoms with E-state index in [-0.39, 0.29) is 0 Å². The molecule has 2 aromatic rings. The van der Waals surface area contributed by atoms with Crippen LogP contribution in [0.15, 0.2) is 30.3 Å². The monoisotopic (exact) mass is 256 g/mol. The van der Waals surface area contributed by atoms with Crippen molar-refractivity contribution in [2.45, 2.75) is 32.1 Å². The number of rotatable bonds is 2. The number of aromatic amines is 1. The fraction of sp³-hybridized carbons (Fsp3) is 0.333. The summed E-state index contributed by atoms with van der Waals surface area (Å²) < 4.78 is 0.800. The van der Waals surface area contributed by atoms with Crippen LogP contribution in [0.1, 0.15) is 35.5 Å². The first-order valence-corrected chi connectivity index (χ1v) is 6.88. The zero-order chi connectivity index (χ0) is 12.4. The first-order chi connectivity index (χ1) is 8.83. The molecule has 0 saturated heterocycles. The van der Waals surface area contributed by atoms with Gasteiger partial charge in [0.25, 0.3) is 0 Å². The van der Waals surface area contributed by atoms with Crippen LogP contribution < -0.4 is 0 Å². The summed E-state index contributed by atoms with van der Waals surface area (Å²) >= 11 is 5.41. The lowest BCUT2D eigenvalue weighted by Gasteiger charge is -2.16. The molecule has 3 rings (SSSR count). The quantitative estimate of drug-likeness (QED) is 0.832. The van der Waals surface area contributed by atoms with Crippen molar-refractivity contribution in [3.8, 4) is 0 Å². The number of benzene rings is 1. The van der Waals surface area contributed by atoms with Crippen molar-refractivity contribution < 1.29 is 0 Å². The number of nitrogens with zero attached hydrogens (tertiary/aromatic N) is 1. The van der Waals surface area contributed by atoms with Gasteiger partial charge in [0.1, 0.15) is 10.5 Å². The molecule has 0 unspecified atom stereocenters. The lowest BCUT2D eigenvalue weighted by atomic mass is 9.97. The maximum atomic E-state index is 5.41. The molecule has 0 spiro atoms. The van der Waals surface area contributed by atoms with E-state index in [1.54, 1.807) is 0 Å². The first kappa shape index (κ1) is 11.6. The highest BCUT2D eigenvalue weighted by Gasteiger charge is 2.13. The average molecular weight is 256 g/mol. The van der Waals surface area contributed by atoms with Gasteiger partial charge in [-0.3, -0.25) is 0 Å². The molecule has 1 aromatic heterocycles. The van der Waals surface area contributed by atoms with Crippen molar-refractivity contribution in [3.05, 3.63) is 57.6 Å². The lowest BCUT2D eigenvalue weighted by molar-refractivity contribution is 0.653. The molecule has 1 aliphatic carbocycles. The molecule has 0 atom stereocenters. The molecule has 3 heteroatoms. The van der Waals surface area contributed by atoms with Crippen molar-refractivity contribution >= 4 is 12.2 Å². The molecule has 0 bridgehead atoms. The van der Waals surface area contributed by atoms with Gasteiger partial charge >= 0.3 is 0 Å². The van der Waals surface area contributed by atoms with Crippen molar-refractivity contribution in [1.82, 2.24) is 9.97 Å². The molecule has 0 saturated carbocycles. The van der Waals surface area contributed by atoms with Crippen LogP contribution in [0, 0.1) is 4.64 Å². The molecule has 18 heavy (non-hydrogen) atoms. The van der Waals surface area contributed by atoms with Crippen LogP contribution in [0.2, 0.25) is 0 Å². The highest BCUT2D eigenvalue weighted by atomic mass is 32.1. The van der Waals surface area contributed by atoms with Crippen molar-refractivity contribution in [2.75, 3.05) is 0 Å². The van der Waals surface area contributed by atoms with Gasteiger partial charge in [-0.15, -0.1) is 0 Å². The SMILES string of the molecule is S=c1nc(Cc2ccccc2)[nH]c2c1CCCC2. The van der Waals surface area contributed by atoms with E-state index in [2.05, 4.69) is 34.2 Å². The number of aromatic nitrogens is 2. The van der Waals surface area contributed by atoms with Crippen LogP contribution in [0.4, 0.5) is 0 Å². The molecule has 0 amide bonds. The Kier molecular flexibility index (Phi) is 3.24. The topological polar surface area (TPSA) is 28.7 Å². The Labute approximate surface area is 112 Å². The molecule has 1 aliphatic rings. The van der Waals surface area contributed by atoms with Gasteiger partial charge in [0, 0.05) is 17.7 Å². The molecular formula is C15H16N2S. The zero-order valence-corrected chi connectivity index (χ0v) is 11.1. The molecular weight excluding hydrogens is 240 g/mol. The summed E-state index contributed by atoms with van der Waals surface area (Å²) in [4.78, 5) is 8.02. The van der Waals surface area contributed by atoms with E-state index in [4.69, 9.17) is 12.2 Å². The van der Waals surface area contributed by atoms with Crippen LogP contribution >= 0.6 is 12.2 Å². The minimum absolute atomic E-state index is 0.800. The second-order valence-corrected chi connectivity index (χ2v) is 5.20. The third-order valence-electron chi connectivity index (χ3n) is 3.47. The lowest BCUT2D eigenvalue weighted by Crippen LogP contribution is -2.10. The normalized spacial score (nSPS) is 14.2. The summed E-state index contributed by atoms with van der Waals surface area (Å²) in [6, 6.07) is 10.4. The second-order valence-electron chi connectivity index (χ2n) is 4.82. The minimum Gasteiger partial charge on any atom is -0.347 e. The zero-order valence-electron chi connectivity index (χ0n) is 10.3. The largest absolute Gasteiger partial charge is 0.347 e. The number of fused-ring (bicyclic) bond motifs is 1. The van der Waals surface area contributed by atoms with Crippen molar-refractivity contribution in [1.29, 1.82) is 0 Å². The van der Waals surface area contributed by atoms with Crippen LogP contribution in [-0.4, -0.2) is 9.97 Å². The number of aryl methyl sites for hydroxylation is 1. The highest BCUT2D eigenvalue weighted by molar-refractivity contribution is 7.71. The molecule has 1 N–H and O–H groups in total. The van der Waals surface area contributed by atoms with Gasteiger partial charge in [0.15, 0.2) is 0 Å². The molecule has 2 nitrogen and oxygen atoms in total. The first-order valence-electron chi connectivity index (χ1n) is 6.48. The Balaban J connectivity index is 1.94. The van der Waals surface area contributed by atoms with Gasteiger partial charge in [0.2, 0.25) is 0 Å².